The van der Waals surface area contributed by atoms with Crippen LogP contribution >= 0.6 is 11.6 Å². The SMILES string of the molecule is Fc1ccc(F)c(C2NCCc3c2[nH]c2ccc(Cl)cc32)c1. The normalized spacial score (nSPS) is 17.7. The third-order valence-corrected chi connectivity index (χ3v) is 4.42. The lowest BCUT2D eigenvalue weighted by molar-refractivity contribution is 0.514. The monoisotopic (exact) mass is 318 g/mol. The van der Waals surface area contributed by atoms with Crippen LogP contribution in [0.4, 0.5) is 8.78 Å². The Morgan fingerprint density at radius 1 is 1.09 bits per heavy atom. The van der Waals surface area contributed by atoms with Crippen LogP contribution in [0.15, 0.2) is 36.4 Å². The molecule has 1 aliphatic heterocycles. The van der Waals surface area contributed by atoms with Gasteiger partial charge in [0, 0.05) is 33.7 Å². The summed E-state index contributed by atoms with van der Waals surface area (Å²) >= 11 is 6.08. The number of rotatable bonds is 1. The fourth-order valence-electron chi connectivity index (χ4n) is 3.20. The Labute approximate surface area is 131 Å². The number of benzene rings is 2. The molecule has 0 fully saturated rings. The molecule has 4 rings (SSSR count). The molecule has 5 heteroatoms. The minimum Gasteiger partial charge on any atom is -0.357 e. The molecule has 1 aromatic heterocycles. The quantitative estimate of drug-likeness (QED) is 0.686. The van der Waals surface area contributed by atoms with Gasteiger partial charge in [-0.15, -0.1) is 0 Å². The summed E-state index contributed by atoms with van der Waals surface area (Å²) in [5, 5.41) is 4.98. The van der Waals surface area contributed by atoms with Gasteiger partial charge in [0.1, 0.15) is 11.6 Å². The first-order valence-electron chi connectivity index (χ1n) is 7.12. The van der Waals surface area contributed by atoms with E-state index in [1.54, 1.807) is 0 Å². The van der Waals surface area contributed by atoms with Crippen LogP contribution in [0.5, 0.6) is 0 Å². The van der Waals surface area contributed by atoms with Gasteiger partial charge in [0.2, 0.25) is 0 Å². The highest BCUT2D eigenvalue weighted by molar-refractivity contribution is 6.31. The second kappa shape index (κ2) is 5.07. The summed E-state index contributed by atoms with van der Waals surface area (Å²) in [7, 11) is 0. The molecule has 0 bridgehead atoms. The van der Waals surface area contributed by atoms with Crippen molar-refractivity contribution in [2.75, 3.05) is 6.54 Å². The fraction of sp³-hybridized carbons (Fsp3) is 0.176. The van der Waals surface area contributed by atoms with E-state index >= 15 is 0 Å². The molecule has 2 nitrogen and oxygen atoms in total. The summed E-state index contributed by atoms with van der Waals surface area (Å²) in [5.41, 5.74) is 3.27. The molecule has 0 saturated heterocycles. The maximum absolute atomic E-state index is 14.1. The fourth-order valence-corrected chi connectivity index (χ4v) is 3.37. The minimum absolute atomic E-state index is 0.318. The molecule has 1 aliphatic rings. The van der Waals surface area contributed by atoms with Crippen LogP contribution in [0.1, 0.15) is 22.9 Å². The largest absolute Gasteiger partial charge is 0.357 e. The molecule has 2 aromatic carbocycles. The predicted octanol–water partition coefficient (Wildman–Crippen LogP) is 4.33. The summed E-state index contributed by atoms with van der Waals surface area (Å²) in [6.45, 7) is 0.701. The van der Waals surface area contributed by atoms with Gasteiger partial charge in [0.05, 0.1) is 6.04 Å². The van der Waals surface area contributed by atoms with Gasteiger partial charge in [-0.1, -0.05) is 11.6 Å². The summed E-state index contributed by atoms with van der Waals surface area (Å²) in [6.07, 6.45) is 0.823. The van der Waals surface area contributed by atoms with Crippen LogP contribution < -0.4 is 5.32 Å². The van der Waals surface area contributed by atoms with Crippen molar-refractivity contribution in [3.05, 3.63) is 69.9 Å². The van der Waals surface area contributed by atoms with Crippen molar-refractivity contribution < 1.29 is 8.78 Å². The number of nitrogens with one attached hydrogen (secondary N) is 2. The smallest absolute Gasteiger partial charge is 0.128 e. The highest BCUT2D eigenvalue weighted by Gasteiger charge is 2.27. The average Bonchev–Trinajstić information content (AvgIpc) is 2.88. The Morgan fingerprint density at radius 3 is 2.82 bits per heavy atom. The molecule has 0 radical (unpaired) electrons. The van der Waals surface area contributed by atoms with Crippen LogP contribution in [0, 0.1) is 11.6 Å². The van der Waals surface area contributed by atoms with Gasteiger partial charge in [-0.3, -0.25) is 0 Å². The second-order valence-corrected chi connectivity index (χ2v) is 5.95. The topological polar surface area (TPSA) is 27.8 Å². The summed E-state index contributed by atoms with van der Waals surface area (Å²) in [6, 6.07) is 8.81. The van der Waals surface area contributed by atoms with Gasteiger partial charge in [-0.25, -0.2) is 8.78 Å². The molecule has 0 saturated carbocycles. The molecule has 112 valence electrons. The maximum atomic E-state index is 14.1. The van der Waals surface area contributed by atoms with Gasteiger partial charge in [-0.05, 0) is 48.4 Å². The van der Waals surface area contributed by atoms with E-state index in [2.05, 4.69) is 10.3 Å². The van der Waals surface area contributed by atoms with E-state index in [9.17, 15) is 8.78 Å². The van der Waals surface area contributed by atoms with Gasteiger partial charge < -0.3 is 10.3 Å². The lowest BCUT2D eigenvalue weighted by atomic mass is 9.94. The Morgan fingerprint density at radius 2 is 1.95 bits per heavy atom. The van der Waals surface area contributed by atoms with Crippen molar-refractivity contribution in [2.24, 2.45) is 0 Å². The second-order valence-electron chi connectivity index (χ2n) is 5.51. The zero-order chi connectivity index (χ0) is 15.3. The molecule has 2 N–H and O–H groups in total. The number of hydrogen-bond donors (Lipinski definition) is 2. The number of aromatic nitrogens is 1. The summed E-state index contributed by atoms with van der Waals surface area (Å²) in [4.78, 5) is 3.33. The van der Waals surface area contributed by atoms with Crippen molar-refractivity contribution in [3.8, 4) is 0 Å². The number of fused-ring (bicyclic) bond motifs is 3. The zero-order valence-electron chi connectivity index (χ0n) is 11.6. The van der Waals surface area contributed by atoms with E-state index in [1.807, 2.05) is 18.2 Å². The number of halogens is 3. The van der Waals surface area contributed by atoms with Crippen molar-refractivity contribution in [1.82, 2.24) is 10.3 Å². The predicted molar refractivity (Wildman–Crippen MR) is 83.2 cm³/mol. The van der Waals surface area contributed by atoms with Gasteiger partial charge in [-0.2, -0.15) is 0 Å². The van der Waals surface area contributed by atoms with E-state index in [4.69, 9.17) is 11.6 Å². The van der Waals surface area contributed by atoms with E-state index in [1.165, 1.54) is 12.1 Å². The molecule has 1 unspecified atom stereocenters. The van der Waals surface area contributed by atoms with E-state index in [0.717, 1.165) is 34.6 Å². The van der Waals surface area contributed by atoms with Gasteiger partial charge in [0.15, 0.2) is 0 Å². The standard InChI is InChI=1S/C17H13ClF2N2/c18-9-1-4-15-12(7-9)11-5-6-21-16(17(11)22-15)13-8-10(19)2-3-14(13)20/h1-4,7-8,16,21-22H,5-6H2. The third-order valence-electron chi connectivity index (χ3n) is 4.18. The Balaban J connectivity index is 1.92. The molecular weight excluding hydrogens is 306 g/mol. The van der Waals surface area contributed by atoms with Crippen LogP contribution in [-0.4, -0.2) is 11.5 Å². The van der Waals surface area contributed by atoms with Crippen LogP contribution in [0.25, 0.3) is 10.9 Å². The lowest BCUT2D eigenvalue weighted by Gasteiger charge is -2.25. The van der Waals surface area contributed by atoms with E-state index < -0.39 is 11.6 Å². The number of aromatic amines is 1. The van der Waals surface area contributed by atoms with Crippen molar-refractivity contribution in [1.29, 1.82) is 0 Å². The summed E-state index contributed by atoms with van der Waals surface area (Å²) in [5.74, 6) is -0.854. The van der Waals surface area contributed by atoms with Crippen molar-refractivity contribution in [3.63, 3.8) is 0 Å². The van der Waals surface area contributed by atoms with Crippen LogP contribution in [0.2, 0.25) is 5.02 Å². The number of hydrogen-bond acceptors (Lipinski definition) is 1. The molecule has 0 spiro atoms. The zero-order valence-corrected chi connectivity index (χ0v) is 12.3. The average molecular weight is 319 g/mol. The highest BCUT2D eigenvalue weighted by Crippen LogP contribution is 2.35. The Bertz CT molecular complexity index is 872. The third kappa shape index (κ3) is 2.11. The minimum atomic E-state index is -0.440. The Kier molecular flexibility index (Phi) is 3.17. The van der Waals surface area contributed by atoms with Gasteiger partial charge >= 0.3 is 0 Å². The summed E-state index contributed by atoms with van der Waals surface area (Å²) < 4.78 is 27.6. The molecule has 1 atom stereocenters. The van der Waals surface area contributed by atoms with Crippen molar-refractivity contribution >= 4 is 22.5 Å². The first-order valence-corrected chi connectivity index (χ1v) is 7.49. The molecule has 22 heavy (non-hydrogen) atoms. The highest BCUT2D eigenvalue weighted by atomic mass is 35.5. The van der Waals surface area contributed by atoms with Crippen LogP contribution in [-0.2, 0) is 6.42 Å². The molecular formula is C17H13ClF2N2. The van der Waals surface area contributed by atoms with E-state index in [-0.39, 0.29) is 6.04 Å². The first-order chi connectivity index (χ1) is 10.6. The number of H-pyrrole nitrogens is 1. The lowest BCUT2D eigenvalue weighted by Crippen LogP contribution is -2.31. The van der Waals surface area contributed by atoms with Crippen molar-refractivity contribution in [2.45, 2.75) is 12.5 Å². The van der Waals surface area contributed by atoms with Crippen LogP contribution in [0.3, 0.4) is 0 Å². The molecule has 0 amide bonds. The Hall–Kier alpha value is -1.91. The molecule has 2 heterocycles. The first kappa shape index (κ1) is 13.7. The van der Waals surface area contributed by atoms with E-state index in [0.29, 0.717) is 17.1 Å². The van der Waals surface area contributed by atoms with Gasteiger partial charge in [0.25, 0.3) is 0 Å². The maximum Gasteiger partial charge on any atom is 0.128 e. The molecule has 3 aromatic rings. The molecule has 0 aliphatic carbocycles.